The summed E-state index contributed by atoms with van der Waals surface area (Å²) in [5, 5.41) is 11.5. The van der Waals surface area contributed by atoms with Gasteiger partial charge in [0.05, 0.1) is 11.5 Å². The van der Waals surface area contributed by atoms with Crippen molar-refractivity contribution in [1.82, 2.24) is 14.6 Å². The molecule has 1 fully saturated rings. The molecule has 2 rings (SSSR count). The predicted molar refractivity (Wildman–Crippen MR) is 62.7 cm³/mol. The van der Waals surface area contributed by atoms with Gasteiger partial charge in [-0.05, 0) is 34.1 Å². The lowest BCUT2D eigenvalue weighted by Gasteiger charge is -2.35. The van der Waals surface area contributed by atoms with Crippen LogP contribution in [0, 0.1) is 5.92 Å². The molecule has 0 amide bonds. The van der Waals surface area contributed by atoms with Gasteiger partial charge in [-0.15, -0.1) is 0 Å². The van der Waals surface area contributed by atoms with Gasteiger partial charge in [0.2, 0.25) is 5.91 Å². The van der Waals surface area contributed by atoms with Gasteiger partial charge < -0.3 is 5.21 Å². The number of hydrogen-bond acceptors (Lipinski definition) is 4. The third-order valence-electron chi connectivity index (χ3n) is 3.73. The minimum atomic E-state index is -0.565. The van der Waals surface area contributed by atoms with Crippen LogP contribution >= 0.6 is 0 Å². The molecule has 0 aromatic carbocycles. The molecule has 0 spiro atoms. The Labute approximate surface area is 101 Å². The second-order valence-corrected chi connectivity index (χ2v) is 5.84. The molecule has 1 N–H and O–H groups in total. The van der Waals surface area contributed by atoms with Crippen LogP contribution in [0.15, 0.2) is 18.7 Å². The summed E-state index contributed by atoms with van der Waals surface area (Å²) >= 11 is 0. The summed E-state index contributed by atoms with van der Waals surface area (Å²) in [7, 11) is 0. The molecule has 1 unspecified atom stereocenters. The van der Waals surface area contributed by atoms with Crippen molar-refractivity contribution in [2.45, 2.75) is 45.2 Å². The summed E-state index contributed by atoms with van der Waals surface area (Å²) in [5.74, 6) is -0.256. The lowest BCUT2D eigenvalue weighted by atomic mass is 9.86. The lowest BCUT2D eigenvalue weighted by Crippen LogP contribution is -2.48. The van der Waals surface area contributed by atoms with E-state index in [9.17, 15) is 10.0 Å². The third-order valence-corrected chi connectivity index (χ3v) is 3.73. The predicted octanol–water partition coefficient (Wildman–Crippen LogP) is 1.79. The van der Waals surface area contributed by atoms with Gasteiger partial charge in [0.25, 0.3) is 0 Å². The van der Waals surface area contributed by atoms with Crippen molar-refractivity contribution in [3.8, 4) is 0 Å². The highest BCUT2D eigenvalue weighted by atomic mass is 16.5. The average molecular weight is 237 g/mol. The summed E-state index contributed by atoms with van der Waals surface area (Å²) in [5.41, 5.74) is -0.949. The van der Waals surface area contributed by atoms with Crippen LogP contribution in [0.5, 0.6) is 0 Å². The molecule has 5 heteroatoms. The Morgan fingerprint density at radius 2 is 2.06 bits per heavy atom. The van der Waals surface area contributed by atoms with Crippen molar-refractivity contribution in [2.24, 2.45) is 5.92 Å². The molecule has 1 aromatic rings. The Bertz CT molecular complexity index is 423. The molecule has 1 aliphatic rings. The van der Waals surface area contributed by atoms with E-state index in [4.69, 9.17) is 0 Å². The lowest BCUT2D eigenvalue weighted by molar-refractivity contribution is -0.195. The van der Waals surface area contributed by atoms with E-state index < -0.39 is 5.54 Å². The number of nitrogens with zero attached hydrogens (tertiary/aromatic N) is 3. The SMILES string of the molecule is CC1(C)CC(C(=O)n2ccnc2)C(C)(C)N1O. The second-order valence-electron chi connectivity index (χ2n) is 5.84. The van der Waals surface area contributed by atoms with E-state index in [2.05, 4.69) is 4.98 Å². The minimum Gasteiger partial charge on any atom is -0.313 e. The molecule has 1 atom stereocenters. The van der Waals surface area contributed by atoms with Crippen LogP contribution < -0.4 is 0 Å². The molecule has 0 aliphatic carbocycles. The van der Waals surface area contributed by atoms with Gasteiger partial charge in [-0.2, -0.15) is 5.06 Å². The number of hydroxylamine groups is 2. The van der Waals surface area contributed by atoms with Gasteiger partial charge in [0.15, 0.2) is 0 Å². The first kappa shape index (κ1) is 12.3. The van der Waals surface area contributed by atoms with Crippen LogP contribution in [0.4, 0.5) is 0 Å². The summed E-state index contributed by atoms with van der Waals surface area (Å²) in [4.78, 5) is 16.2. The van der Waals surface area contributed by atoms with Crippen molar-refractivity contribution in [3.05, 3.63) is 18.7 Å². The summed E-state index contributed by atoms with van der Waals surface area (Å²) < 4.78 is 1.49. The van der Waals surface area contributed by atoms with E-state index in [0.717, 1.165) is 0 Å². The van der Waals surface area contributed by atoms with Gasteiger partial charge in [0.1, 0.15) is 6.33 Å². The Morgan fingerprint density at radius 3 is 2.47 bits per heavy atom. The van der Waals surface area contributed by atoms with Crippen LogP contribution in [-0.2, 0) is 0 Å². The zero-order valence-corrected chi connectivity index (χ0v) is 10.7. The smallest absolute Gasteiger partial charge is 0.236 e. The van der Waals surface area contributed by atoms with E-state index in [0.29, 0.717) is 6.42 Å². The monoisotopic (exact) mass is 237 g/mol. The average Bonchev–Trinajstić information content (AvgIpc) is 2.81. The molecule has 0 radical (unpaired) electrons. The normalized spacial score (nSPS) is 27.2. The van der Waals surface area contributed by atoms with E-state index in [-0.39, 0.29) is 17.4 Å². The summed E-state index contributed by atoms with van der Waals surface area (Å²) in [6.07, 6.45) is 5.37. The van der Waals surface area contributed by atoms with Crippen LogP contribution in [0.1, 0.15) is 38.9 Å². The Hall–Kier alpha value is -1.20. The first-order valence-corrected chi connectivity index (χ1v) is 5.78. The van der Waals surface area contributed by atoms with Gasteiger partial charge >= 0.3 is 0 Å². The van der Waals surface area contributed by atoms with Crippen LogP contribution in [0.2, 0.25) is 0 Å². The zero-order chi connectivity index (χ0) is 12.8. The number of carbonyl (C=O) groups excluding carboxylic acids is 1. The number of imidazole rings is 1. The zero-order valence-electron chi connectivity index (χ0n) is 10.7. The van der Waals surface area contributed by atoms with Gasteiger partial charge in [-0.1, -0.05) is 0 Å². The quantitative estimate of drug-likeness (QED) is 0.809. The first-order chi connectivity index (χ1) is 7.77. The Kier molecular flexibility index (Phi) is 2.63. The molecule has 2 heterocycles. The Morgan fingerprint density at radius 1 is 1.41 bits per heavy atom. The second kappa shape index (κ2) is 3.65. The molecule has 0 saturated carbocycles. The molecule has 17 heavy (non-hydrogen) atoms. The number of aromatic nitrogens is 2. The van der Waals surface area contributed by atoms with Crippen LogP contribution in [0.25, 0.3) is 0 Å². The van der Waals surface area contributed by atoms with E-state index in [1.165, 1.54) is 16.0 Å². The standard InChI is InChI=1S/C12H19N3O2/c1-11(2)7-9(12(3,4)15(11)17)10(16)14-6-5-13-8-14/h5-6,8-9,17H,7H2,1-4H3. The fraction of sp³-hybridized carbons (Fsp3) is 0.667. The van der Waals surface area contributed by atoms with Crippen molar-refractivity contribution in [2.75, 3.05) is 0 Å². The molecule has 94 valence electrons. The molecule has 5 nitrogen and oxygen atoms in total. The molecule has 1 aromatic heterocycles. The maximum Gasteiger partial charge on any atom is 0.236 e. The molecular formula is C12H19N3O2. The van der Waals surface area contributed by atoms with Gasteiger partial charge in [-0.25, -0.2) is 4.98 Å². The third kappa shape index (κ3) is 1.79. The van der Waals surface area contributed by atoms with Crippen molar-refractivity contribution >= 4 is 5.91 Å². The van der Waals surface area contributed by atoms with E-state index in [1.807, 2.05) is 27.7 Å². The number of carbonyl (C=O) groups is 1. The highest BCUT2D eigenvalue weighted by Crippen LogP contribution is 2.43. The van der Waals surface area contributed by atoms with E-state index in [1.54, 1.807) is 12.4 Å². The molecule has 1 aliphatic heterocycles. The highest BCUT2D eigenvalue weighted by Gasteiger charge is 2.54. The molecular weight excluding hydrogens is 218 g/mol. The van der Waals surface area contributed by atoms with E-state index >= 15 is 0 Å². The Balaban J connectivity index is 2.32. The van der Waals surface area contributed by atoms with Gasteiger partial charge in [-0.3, -0.25) is 9.36 Å². The van der Waals surface area contributed by atoms with Gasteiger partial charge in [0, 0.05) is 17.9 Å². The summed E-state index contributed by atoms with van der Waals surface area (Å²) in [6.45, 7) is 7.66. The summed E-state index contributed by atoms with van der Waals surface area (Å²) in [6, 6.07) is 0. The maximum absolute atomic E-state index is 12.3. The number of rotatable bonds is 1. The highest BCUT2D eigenvalue weighted by molar-refractivity contribution is 5.83. The molecule has 0 bridgehead atoms. The van der Waals surface area contributed by atoms with Crippen molar-refractivity contribution in [3.63, 3.8) is 0 Å². The van der Waals surface area contributed by atoms with Crippen molar-refractivity contribution in [1.29, 1.82) is 0 Å². The fourth-order valence-electron chi connectivity index (χ4n) is 2.72. The van der Waals surface area contributed by atoms with Crippen LogP contribution in [0.3, 0.4) is 0 Å². The molecule has 1 saturated heterocycles. The minimum absolute atomic E-state index is 0.0166. The maximum atomic E-state index is 12.3. The largest absolute Gasteiger partial charge is 0.313 e. The fourth-order valence-corrected chi connectivity index (χ4v) is 2.72. The first-order valence-electron chi connectivity index (χ1n) is 5.78. The van der Waals surface area contributed by atoms with Crippen molar-refractivity contribution < 1.29 is 10.0 Å². The topological polar surface area (TPSA) is 58.4 Å². The number of hydrogen-bond donors (Lipinski definition) is 1. The van der Waals surface area contributed by atoms with Crippen LogP contribution in [-0.4, -0.2) is 36.8 Å².